The van der Waals surface area contributed by atoms with E-state index >= 15 is 0 Å². The number of hydrogen-bond donors (Lipinski definition) is 1. The first-order valence-electron chi connectivity index (χ1n) is 12.2. The van der Waals surface area contributed by atoms with Crippen molar-refractivity contribution < 1.29 is 32.2 Å². The van der Waals surface area contributed by atoms with Crippen LogP contribution in [0.25, 0.3) is 0 Å². The van der Waals surface area contributed by atoms with Crippen LogP contribution in [0.5, 0.6) is 11.5 Å². The summed E-state index contributed by atoms with van der Waals surface area (Å²) in [4.78, 5) is 26.5. The van der Waals surface area contributed by atoms with Crippen LogP contribution in [0, 0.1) is 0 Å². The van der Waals surface area contributed by atoms with Crippen molar-refractivity contribution in [2.45, 2.75) is 44.7 Å². The Bertz CT molecular complexity index is 1190. The molecule has 0 bridgehead atoms. The highest BCUT2D eigenvalue weighted by Crippen LogP contribution is 2.28. The number of piperazine rings is 1. The van der Waals surface area contributed by atoms with Crippen LogP contribution in [0.3, 0.4) is 0 Å². The lowest BCUT2D eigenvalue weighted by molar-refractivity contribution is -0.142. The number of rotatable bonds is 10. The predicted octanol–water partition coefficient (Wildman–Crippen LogP) is 2.67. The van der Waals surface area contributed by atoms with E-state index in [-0.39, 0.29) is 35.3 Å². The zero-order valence-electron chi connectivity index (χ0n) is 21.9. The van der Waals surface area contributed by atoms with Crippen molar-refractivity contribution in [3.63, 3.8) is 0 Å². The SMILES string of the molecule is COC(=O)COc1cc(N2CCN(S(=O)(=O)c3ccc(OC(C)C)cc3)CC2)ccc1C(=O)NC(C)C. The third kappa shape index (κ3) is 7.36. The van der Waals surface area contributed by atoms with E-state index in [1.54, 1.807) is 42.5 Å². The van der Waals surface area contributed by atoms with Crippen molar-refractivity contribution in [1.82, 2.24) is 9.62 Å². The Hall–Kier alpha value is -3.31. The summed E-state index contributed by atoms with van der Waals surface area (Å²) in [6.07, 6.45) is 0.000530. The van der Waals surface area contributed by atoms with E-state index in [9.17, 15) is 18.0 Å². The monoisotopic (exact) mass is 533 g/mol. The fourth-order valence-corrected chi connectivity index (χ4v) is 5.27. The third-order valence-electron chi connectivity index (χ3n) is 5.64. The number of nitrogens with zero attached hydrogens (tertiary/aromatic N) is 2. The van der Waals surface area contributed by atoms with Gasteiger partial charge in [0.2, 0.25) is 10.0 Å². The first-order valence-corrected chi connectivity index (χ1v) is 13.6. The Morgan fingerprint density at radius 3 is 2.19 bits per heavy atom. The standard InChI is InChI=1S/C26H35N3O7S/c1-18(2)27-26(31)23-11-6-20(16-24(23)35-17-25(30)34-5)28-12-14-29(15-13-28)37(32,33)22-9-7-21(8-10-22)36-19(3)4/h6-11,16,18-19H,12-15,17H2,1-5H3,(H,27,31). The maximum Gasteiger partial charge on any atom is 0.343 e. The van der Waals surface area contributed by atoms with E-state index in [2.05, 4.69) is 10.1 Å². The largest absolute Gasteiger partial charge is 0.491 e. The number of nitrogens with one attached hydrogen (secondary N) is 1. The quantitative estimate of drug-likeness (QED) is 0.464. The Kier molecular flexibility index (Phi) is 9.39. The highest BCUT2D eigenvalue weighted by Gasteiger charge is 2.29. The summed E-state index contributed by atoms with van der Waals surface area (Å²) in [5, 5.41) is 2.82. The molecule has 1 N–H and O–H groups in total. The second-order valence-corrected chi connectivity index (χ2v) is 11.1. The average Bonchev–Trinajstić information content (AvgIpc) is 2.86. The van der Waals surface area contributed by atoms with Crippen molar-refractivity contribution in [1.29, 1.82) is 0 Å². The number of benzene rings is 2. The third-order valence-corrected chi connectivity index (χ3v) is 7.55. The van der Waals surface area contributed by atoms with Crippen molar-refractivity contribution in [3.05, 3.63) is 48.0 Å². The molecule has 0 unspecified atom stereocenters. The topological polar surface area (TPSA) is 114 Å². The lowest BCUT2D eigenvalue weighted by Crippen LogP contribution is -2.48. The van der Waals surface area contributed by atoms with Gasteiger partial charge in [0.05, 0.1) is 23.7 Å². The van der Waals surface area contributed by atoms with E-state index < -0.39 is 16.0 Å². The normalized spacial score (nSPS) is 14.5. The Labute approximate surface area is 218 Å². The molecule has 1 aliphatic heterocycles. The Morgan fingerprint density at radius 1 is 0.973 bits per heavy atom. The molecule has 10 nitrogen and oxygen atoms in total. The van der Waals surface area contributed by atoms with Gasteiger partial charge in [-0.15, -0.1) is 0 Å². The minimum atomic E-state index is -3.65. The molecule has 2 aromatic rings. The fourth-order valence-electron chi connectivity index (χ4n) is 3.85. The van der Waals surface area contributed by atoms with Crippen LogP contribution in [0.15, 0.2) is 47.4 Å². The minimum Gasteiger partial charge on any atom is -0.491 e. The first-order chi connectivity index (χ1) is 17.5. The molecule has 0 atom stereocenters. The van der Waals surface area contributed by atoms with Crippen LogP contribution < -0.4 is 19.7 Å². The number of carbonyl (C=O) groups excluding carboxylic acids is 2. The maximum absolute atomic E-state index is 13.2. The van der Waals surface area contributed by atoms with Gasteiger partial charge in [0.25, 0.3) is 5.91 Å². The van der Waals surface area contributed by atoms with Gasteiger partial charge in [-0.3, -0.25) is 4.79 Å². The van der Waals surface area contributed by atoms with Gasteiger partial charge >= 0.3 is 5.97 Å². The van der Waals surface area contributed by atoms with Crippen LogP contribution in [0.4, 0.5) is 5.69 Å². The predicted molar refractivity (Wildman–Crippen MR) is 140 cm³/mol. The number of sulfonamides is 1. The molecule has 3 rings (SSSR count). The lowest BCUT2D eigenvalue weighted by atomic mass is 10.1. The number of esters is 1. The molecule has 37 heavy (non-hydrogen) atoms. The number of ether oxygens (including phenoxy) is 3. The number of hydrogen-bond acceptors (Lipinski definition) is 8. The highest BCUT2D eigenvalue weighted by molar-refractivity contribution is 7.89. The average molecular weight is 534 g/mol. The van der Waals surface area contributed by atoms with E-state index in [0.717, 1.165) is 5.69 Å². The summed E-state index contributed by atoms with van der Waals surface area (Å²) in [5.74, 6) is -0.0142. The molecule has 0 aliphatic carbocycles. The summed E-state index contributed by atoms with van der Waals surface area (Å²) in [6.45, 7) is 8.66. The van der Waals surface area contributed by atoms with Crippen molar-refractivity contribution in [3.8, 4) is 11.5 Å². The molecule has 0 aromatic heterocycles. The van der Waals surface area contributed by atoms with Gasteiger partial charge in [0, 0.05) is 44.0 Å². The molecule has 2 aromatic carbocycles. The molecule has 1 saturated heterocycles. The Balaban J connectivity index is 1.73. The second kappa shape index (κ2) is 12.3. The summed E-state index contributed by atoms with van der Waals surface area (Å²) in [6, 6.07) is 11.5. The lowest BCUT2D eigenvalue weighted by Gasteiger charge is -2.35. The fraction of sp³-hybridized carbons (Fsp3) is 0.462. The van der Waals surface area contributed by atoms with Gasteiger partial charge in [-0.25, -0.2) is 13.2 Å². The van der Waals surface area contributed by atoms with Crippen LogP contribution >= 0.6 is 0 Å². The van der Waals surface area contributed by atoms with Crippen molar-refractivity contribution >= 4 is 27.6 Å². The van der Waals surface area contributed by atoms with E-state index in [4.69, 9.17) is 9.47 Å². The molecule has 0 spiro atoms. The number of amides is 1. The Morgan fingerprint density at radius 2 is 1.62 bits per heavy atom. The summed E-state index contributed by atoms with van der Waals surface area (Å²) < 4.78 is 43.6. The molecule has 0 saturated carbocycles. The molecule has 1 aliphatic rings. The van der Waals surface area contributed by atoms with E-state index in [0.29, 0.717) is 37.5 Å². The minimum absolute atomic E-state index is 0.000530. The maximum atomic E-state index is 13.2. The summed E-state index contributed by atoms with van der Waals surface area (Å²) in [5.41, 5.74) is 1.06. The molecule has 0 radical (unpaired) electrons. The highest BCUT2D eigenvalue weighted by atomic mass is 32.2. The molecule has 11 heteroatoms. The van der Waals surface area contributed by atoms with Gasteiger partial charge in [-0.1, -0.05) is 0 Å². The van der Waals surface area contributed by atoms with Gasteiger partial charge in [-0.05, 0) is 64.1 Å². The van der Waals surface area contributed by atoms with E-state index in [1.807, 2.05) is 32.6 Å². The number of carbonyl (C=O) groups is 2. The smallest absolute Gasteiger partial charge is 0.343 e. The zero-order chi connectivity index (χ0) is 27.2. The van der Waals surface area contributed by atoms with Crippen molar-refractivity contribution in [2.24, 2.45) is 0 Å². The van der Waals surface area contributed by atoms with Gasteiger partial charge in [0.1, 0.15) is 11.5 Å². The van der Waals surface area contributed by atoms with Crippen molar-refractivity contribution in [2.75, 3.05) is 44.8 Å². The second-order valence-electron chi connectivity index (χ2n) is 9.20. The molecule has 202 valence electrons. The number of anilines is 1. The van der Waals surface area contributed by atoms with Gasteiger partial charge in [-0.2, -0.15) is 4.31 Å². The molecular formula is C26H35N3O7S. The van der Waals surface area contributed by atoms with Crippen LogP contribution in [0.2, 0.25) is 0 Å². The van der Waals surface area contributed by atoms with Crippen LogP contribution in [-0.2, 0) is 19.6 Å². The van der Waals surface area contributed by atoms with Crippen LogP contribution in [0.1, 0.15) is 38.1 Å². The summed E-state index contributed by atoms with van der Waals surface area (Å²) in [7, 11) is -2.39. The van der Waals surface area contributed by atoms with Gasteiger partial charge in [0.15, 0.2) is 6.61 Å². The van der Waals surface area contributed by atoms with Crippen LogP contribution in [-0.4, -0.2) is 76.6 Å². The zero-order valence-corrected chi connectivity index (χ0v) is 22.7. The number of methoxy groups -OCH3 is 1. The molecular weight excluding hydrogens is 498 g/mol. The van der Waals surface area contributed by atoms with Gasteiger partial charge < -0.3 is 24.4 Å². The first kappa shape index (κ1) is 28.3. The summed E-state index contributed by atoms with van der Waals surface area (Å²) >= 11 is 0. The molecule has 1 heterocycles. The van der Waals surface area contributed by atoms with E-state index in [1.165, 1.54) is 11.4 Å². The molecule has 1 amide bonds. The molecule has 1 fully saturated rings.